The lowest BCUT2D eigenvalue weighted by molar-refractivity contribution is -0.122. The van der Waals surface area contributed by atoms with E-state index in [2.05, 4.69) is 10.6 Å². The van der Waals surface area contributed by atoms with Gasteiger partial charge in [-0.25, -0.2) is 4.79 Å². The minimum absolute atomic E-state index is 0.0699. The van der Waals surface area contributed by atoms with Crippen LogP contribution in [0.25, 0.3) is 0 Å². The van der Waals surface area contributed by atoms with Crippen LogP contribution < -0.4 is 10.6 Å². The van der Waals surface area contributed by atoms with Crippen LogP contribution in [0.2, 0.25) is 0 Å². The fraction of sp³-hybridized carbons (Fsp3) is 0.500. The highest BCUT2D eigenvalue weighted by atomic mass is 16.2. The Hall–Kier alpha value is -2.04. The molecule has 1 aliphatic rings. The number of hydrogen-bond acceptors (Lipinski definition) is 2. The van der Waals surface area contributed by atoms with Crippen molar-refractivity contribution >= 4 is 17.6 Å². The van der Waals surface area contributed by atoms with E-state index in [1.165, 1.54) is 0 Å². The molecule has 0 unspecified atom stereocenters. The van der Waals surface area contributed by atoms with Gasteiger partial charge in [-0.3, -0.25) is 4.79 Å². The van der Waals surface area contributed by atoms with Gasteiger partial charge in [0.05, 0.1) is 0 Å². The molecular formula is C16H23N3O2. The Balaban J connectivity index is 1.75. The maximum absolute atomic E-state index is 12.1. The van der Waals surface area contributed by atoms with E-state index in [1.54, 1.807) is 4.90 Å². The molecule has 1 aromatic rings. The van der Waals surface area contributed by atoms with Gasteiger partial charge in [-0.2, -0.15) is 0 Å². The molecule has 5 heteroatoms. The van der Waals surface area contributed by atoms with E-state index < -0.39 is 0 Å². The number of urea groups is 1. The van der Waals surface area contributed by atoms with Gasteiger partial charge in [0.15, 0.2) is 0 Å². The lowest BCUT2D eigenvalue weighted by atomic mass is 10.1. The molecule has 114 valence electrons. The van der Waals surface area contributed by atoms with E-state index >= 15 is 0 Å². The number of carbonyl (C=O) groups is 2. The van der Waals surface area contributed by atoms with Crippen LogP contribution >= 0.6 is 0 Å². The maximum atomic E-state index is 12.1. The SMILES string of the molecule is CCCC(=O)NC1CCN(C(=O)Nc2ccccc2)CC1. The molecule has 1 heterocycles. The number of nitrogens with zero attached hydrogens (tertiary/aromatic N) is 1. The van der Waals surface area contributed by atoms with Gasteiger partial charge in [-0.1, -0.05) is 25.1 Å². The summed E-state index contributed by atoms with van der Waals surface area (Å²) in [6.07, 6.45) is 3.08. The Kier molecular flexibility index (Phi) is 5.60. The van der Waals surface area contributed by atoms with Gasteiger partial charge < -0.3 is 15.5 Å². The zero-order valence-electron chi connectivity index (χ0n) is 12.5. The van der Waals surface area contributed by atoms with Crippen LogP contribution in [0.1, 0.15) is 32.6 Å². The lowest BCUT2D eigenvalue weighted by Gasteiger charge is -2.32. The van der Waals surface area contributed by atoms with E-state index in [1.807, 2.05) is 37.3 Å². The van der Waals surface area contributed by atoms with Crippen LogP contribution in [-0.4, -0.2) is 36.0 Å². The molecule has 0 radical (unpaired) electrons. The summed E-state index contributed by atoms with van der Waals surface area (Å²) in [5.41, 5.74) is 0.806. The molecule has 3 amide bonds. The first-order chi connectivity index (χ1) is 10.2. The molecule has 1 saturated heterocycles. The summed E-state index contributed by atoms with van der Waals surface area (Å²) in [4.78, 5) is 25.5. The third-order valence-electron chi connectivity index (χ3n) is 3.65. The highest BCUT2D eigenvalue weighted by Crippen LogP contribution is 2.13. The van der Waals surface area contributed by atoms with Crippen molar-refractivity contribution < 1.29 is 9.59 Å². The van der Waals surface area contributed by atoms with Crippen molar-refractivity contribution in [2.45, 2.75) is 38.6 Å². The van der Waals surface area contributed by atoms with Crippen molar-refractivity contribution in [3.05, 3.63) is 30.3 Å². The molecule has 0 atom stereocenters. The van der Waals surface area contributed by atoms with Gasteiger partial charge in [0.1, 0.15) is 0 Å². The van der Waals surface area contributed by atoms with Crippen LogP contribution in [0.15, 0.2) is 30.3 Å². The monoisotopic (exact) mass is 289 g/mol. The van der Waals surface area contributed by atoms with Gasteiger partial charge in [0.2, 0.25) is 5.91 Å². The summed E-state index contributed by atoms with van der Waals surface area (Å²) in [7, 11) is 0. The molecule has 1 aliphatic heterocycles. The Labute approximate surface area is 125 Å². The highest BCUT2D eigenvalue weighted by Gasteiger charge is 2.23. The molecule has 2 rings (SSSR count). The number of benzene rings is 1. The molecule has 0 spiro atoms. The zero-order chi connectivity index (χ0) is 15.1. The van der Waals surface area contributed by atoms with Crippen LogP contribution in [-0.2, 0) is 4.79 Å². The van der Waals surface area contributed by atoms with E-state index in [9.17, 15) is 9.59 Å². The van der Waals surface area contributed by atoms with Crippen LogP contribution in [0.3, 0.4) is 0 Å². The van der Waals surface area contributed by atoms with Crippen molar-refractivity contribution in [2.24, 2.45) is 0 Å². The Morgan fingerprint density at radius 3 is 2.48 bits per heavy atom. The molecular weight excluding hydrogens is 266 g/mol. The first-order valence-corrected chi connectivity index (χ1v) is 7.59. The van der Waals surface area contributed by atoms with Crippen molar-refractivity contribution in [3.63, 3.8) is 0 Å². The van der Waals surface area contributed by atoms with Gasteiger partial charge in [0.25, 0.3) is 0 Å². The van der Waals surface area contributed by atoms with Crippen molar-refractivity contribution in [3.8, 4) is 0 Å². The highest BCUT2D eigenvalue weighted by molar-refractivity contribution is 5.89. The van der Waals surface area contributed by atoms with Crippen LogP contribution in [0.4, 0.5) is 10.5 Å². The third kappa shape index (κ3) is 4.77. The molecule has 0 saturated carbocycles. The summed E-state index contributed by atoms with van der Waals surface area (Å²) < 4.78 is 0. The second kappa shape index (κ2) is 7.67. The summed E-state index contributed by atoms with van der Waals surface area (Å²) in [6, 6.07) is 9.58. The quantitative estimate of drug-likeness (QED) is 0.895. The zero-order valence-corrected chi connectivity index (χ0v) is 12.5. The molecule has 21 heavy (non-hydrogen) atoms. The first kappa shape index (κ1) is 15.4. The van der Waals surface area contributed by atoms with E-state index in [0.717, 1.165) is 24.9 Å². The number of piperidine rings is 1. The Morgan fingerprint density at radius 2 is 1.86 bits per heavy atom. The van der Waals surface area contributed by atoms with Gasteiger partial charge >= 0.3 is 6.03 Å². The summed E-state index contributed by atoms with van der Waals surface area (Å²) in [6.45, 7) is 3.35. The average molecular weight is 289 g/mol. The summed E-state index contributed by atoms with van der Waals surface area (Å²) in [5, 5.41) is 5.92. The van der Waals surface area contributed by atoms with Crippen molar-refractivity contribution in [2.75, 3.05) is 18.4 Å². The maximum Gasteiger partial charge on any atom is 0.321 e. The number of hydrogen-bond donors (Lipinski definition) is 2. The molecule has 0 aromatic heterocycles. The van der Waals surface area contributed by atoms with E-state index in [4.69, 9.17) is 0 Å². The fourth-order valence-electron chi connectivity index (χ4n) is 2.48. The number of rotatable bonds is 4. The fourth-order valence-corrected chi connectivity index (χ4v) is 2.48. The molecule has 0 bridgehead atoms. The van der Waals surface area contributed by atoms with Gasteiger partial charge in [0, 0.05) is 31.2 Å². The summed E-state index contributed by atoms with van der Waals surface area (Å²) >= 11 is 0. The molecule has 1 fully saturated rings. The number of carbonyl (C=O) groups excluding carboxylic acids is 2. The second-order valence-corrected chi connectivity index (χ2v) is 5.38. The number of amides is 3. The van der Waals surface area contributed by atoms with Crippen molar-refractivity contribution in [1.29, 1.82) is 0 Å². The Bertz CT molecular complexity index is 468. The molecule has 2 N–H and O–H groups in total. The first-order valence-electron chi connectivity index (χ1n) is 7.59. The molecule has 0 aliphatic carbocycles. The average Bonchev–Trinajstić information content (AvgIpc) is 2.49. The number of anilines is 1. The Morgan fingerprint density at radius 1 is 1.19 bits per heavy atom. The smallest absolute Gasteiger partial charge is 0.321 e. The number of likely N-dealkylation sites (tertiary alicyclic amines) is 1. The second-order valence-electron chi connectivity index (χ2n) is 5.38. The third-order valence-corrected chi connectivity index (χ3v) is 3.65. The number of para-hydroxylation sites is 1. The predicted molar refractivity (Wildman–Crippen MR) is 83.1 cm³/mol. The normalized spacial score (nSPS) is 15.6. The topological polar surface area (TPSA) is 61.4 Å². The molecule has 5 nitrogen and oxygen atoms in total. The summed E-state index contributed by atoms with van der Waals surface area (Å²) in [5.74, 6) is 0.115. The van der Waals surface area contributed by atoms with Gasteiger partial charge in [-0.05, 0) is 31.4 Å². The number of nitrogens with one attached hydrogen (secondary N) is 2. The van der Waals surface area contributed by atoms with Crippen LogP contribution in [0, 0.1) is 0 Å². The van der Waals surface area contributed by atoms with E-state index in [0.29, 0.717) is 19.5 Å². The lowest BCUT2D eigenvalue weighted by Crippen LogP contribution is -2.47. The van der Waals surface area contributed by atoms with E-state index in [-0.39, 0.29) is 18.0 Å². The molecule has 1 aromatic carbocycles. The minimum Gasteiger partial charge on any atom is -0.353 e. The minimum atomic E-state index is -0.0699. The standard InChI is InChI=1S/C16H23N3O2/c1-2-6-15(20)17-14-9-11-19(12-10-14)16(21)18-13-7-4-3-5-8-13/h3-5,7-8,14H,2,6,9-12H2,1H3,(H,17,20)(H,18,21). The predicted octanol–water partition coefficient (Wildman–Crippen LogP) is 2.60. The van der Waals surface area contributed by atoms with Gasteiger partial charge in [-0.15, -0.1) is 0 Å². The van der Waals surface area contributed by atoms with Crippen LogP contribution in [0.5, 0.6) is 0 Å². The van der Waals surface area contributed by atoms with Crippen molar-refractivity contribution in [1.82, 2.24) is 10.2 Å². The largest absolute Gasteiger partial charge is 0.353 e.